The minimum atomic E-state index is -0.885. The van der Waals surface area contributed by atoms with Crippen LogP contribution in [0.1, 0.15) is 12.1 Å². The van der Waals surface area contributed by atoms with Gasteiger partial charge in [0.25, 0.3) is 5.56 Å². The molecule has 2 aromatic rings. The van der Waals surface area contributed by atoms with Gasteiger partial charge in [-0.3, -0.25) is 19.4 Å². The van der Waals surface area contributed by atoms with Crippen LogP contribution in [-0.4, -0.2) is 66.5 Å². The van der Waals surface area contributed by atoms with Crippen LogP contribution >= 0.6 is 0 Å². The standard InChI is InChI=1S/C21H24FN5O4/c1-13-18(22)19(29)24-21(23-13)26-8-6-25(7-9-26)20(30)14-10-17(28)27(12-14)15-4-3-5-16(11-15)31-2/h3-5,11,14H,6-10,12H2,1-2H3,(H,23,24,29). The highest BCUT2D eigenvalue weighted by Crippen LogP contribution is 2.29. The lowest BCUT2D eigenvalue weighted by molar-refractivity contribution is -0.136. The van der Waals surface area contributed by atoms with Crippen molar-refractivity contribution in [1.29, 1.82) is 0 Å². The first-order valence-electron chi connectivity index (χ1n) is 10.1. The summed E-state index contributed by atoms with van der Waals surface area (Å²) in [4.78, 5) is 48.9. The molecule has 0 spiro atoms. The number of carbonyl (C=O) groups excluding carboxylic acids is 2. The van der Waals surface area contributed by atoms with E-state index in [2.05, 4.69) is 9.97 Å². The molecule has 2 aliphatic rings. The SMILES string of the molecule is COc1cccc(N2CC(C(=O)N3CCN(c4nc(C)c(F)c(=O)[nH]4)CC3)CC2=O)c1. The summed E-state index contributed by atoms with van der Waals surface area (Å²) in [5.41, 5.74) is -0.0476. The van der Waals surface area contributed by atoms with Crippen LogP contribution in [0.4, 0.5) is 16.0 Å². The Bertz CT molecular complexity index is 1060. The number of nitrogens with one attached hydrogen (secondary N) is 1. The van der Waals surface area contributed by atoms with Gasteiger partial charge in [-0.1, -0.05) is 6.07 Å². The van der Waals surface area contributed by atoms with Gasteiger partial charge in [0.05, 0.1) is 18.7 Å². The van der Waals surface area contributed by atoms with Crippen LogP contribution < -0.4 is 20.1 Å². The van der Waals surface area contributed by atoms with E-state index >= 15 is 0 Å². The number of aromatic amines is 1. The smallest absolute Gasteiger partial charge is 0.288 e. The second-order valence-corrected chi connectivity index (χ2v) is 7.71. The molecule has 164 valence electrons. The van der Waals surface area contributed by atoms with Gasteiger partial charge in [0.2, 0.25) is 23.6 Å². The molecule has 1 N–H and O–H groups in total. The summed E-state index contributed by atoms with van der Waals surface area (Å²) in [5.74, 6) is -0.487. The molecule has 0 saturated carbocycles. The number of ether oxygens (including phenoxy) is 1. The van der Waals surface area contributed by atoms with Crippen LogP contribution in [0, 0.1) is 18.7 Å². The highest BCUT2D eigenvalue weighted by molar-refractivity contribution is 6.00. The first kappa shape index (κ1) is 20.8. The second kappa shape index (κ2) is 8.37. The molecule has 1 atom stereocenters. The van der Waals surface area contributed by atoms with Gasteiger partial charge in [0, 0.05) is 50.9 Å². The average Bonchev–Trinajstić information content (AvgIpc) is 3.18. The number of nitrogens with zero attached hydrogens (tertiary/aromatic N) is 4. The summed E-state index contributed by atoms with van der Waals surface area (Å²) in [6.07, 6.45) is 0.169. The summed E-state index contributed by atoms with van der Waals surface area (Å²) in [6, 6.07) is 7.22. The molecule has 0 radical (unpaired) electrons. The van der Waals surface area contributed by atoms with Crippen molar-refractivity contribution in [3.63, 3.8) is 0 Å². The third-order valence-electron chi connectivity index (χ3n) is 5.75. The number of anilines is 2. The van der Waals surface area contributed by atoms with Crippen molar-refractivity contribution in [3.05, 3.63) is 46.1 Å². The van der Waals surface area contributed by atoms with E-state index in [0.717, 1.165) is 0 Å². The number of aryl methyl sites for hydroxylation is 1. The quantitative estimate of drug-likeness (QED) is 0.776. The van der Waals surface area contributed by atoms with Gasteiger partial charge < -0.3 is 19.4 Å². The molecule has 1 aromatic carbocycles. The predicted octanol–water partition coefficient (Wildman–Crippen LogP) is 0.928. The number of H-pyrrole nitrogens is 1. The van der Waals surface area contributed by atoms with Crippen molar-refractivity contribution in [2.45, 2.75) is 13.3 Å². The van der Waals surface area contributed by atoms with Crippen molar-refractivity contribution < 1.29 is 18.7 Å². The summed E-state index contributed by atoms with van der Waals surface area (Å²) in [6.45, 7) is 3.56. The fourth-order valence-electron chi connectivity index (χ4n) is 4.00. The van der Waals surface area contributed by atoms with Gasteiger partial charge in [-0.25, -0.2) is 4.98 Å². The molecule has 1 unspecified atom stereocenters. The monoisotopic (exact) mass is 429 g/mol. The number of halogens is 1. The van der Waals surface area contributed by atoms with Crippen LogP contribution in [-0.2, 0) is 9.59 Å². The first-order chi connectivity index (χ1) is 14.9. The Kier molecular flexibility index (Phi) is 5.62. The summed E-state index contributed by atoms with van der Waals surface area (Å²) >= 11 is 0. The highest BCUT2D eigenvalue weighted by atomic mass is 19.1. The van der Waals surface area contributed by atoms with E-state index in [4.69, 9.17) is 4.74 Å². The van der Waals surface area contributed by atoms with Gasteiger partial charge in [-0.2, -0.15) is 4.39 Å². The van der Waals surface area contributed by atoms with Gasteiger partial charge in [-0.05, 0) is 19.1 Å². The Labute approximate surface area is 178 Å². The molecule has 2 amide bonds. The summed E-state index contributed by atoms with van der Waals surface area (Å²) in [5, 5.41) is 0. The first-order valence-corrected chi connectivity index (χ1v) is 10.1. The molecule has 1 aromatic heterocycles. The van der Waals surface area contributed by atoms with Gasteiger partial charge in [-0.15, -0.1) is 0 Å². The van der Waals surface area contributed by atoms with Crippen molar-refractivity contribution in [2.75, 3.05) is 49.6 Å². The molecule has 3 heterocycles. The van der Waals surface area contributed by atoms with E-state index in [1.807, 2.05) is 17.0 Å². The van der Waals surface area contributed by atoms with Crippen molar-refractivity contribution in [2.24, 2.45) is 5.92 Å². The molecule has 2 aliphatic heterocycles. The van der Waals surface area contributed by atoms with E-state index in [0.29, 0.717) is 50.1 Å². The number of rotatable bonds is 4. The molecule has 4 rings (SSSR count). The Morgan fingerprint density at radius 1 is 1.23 bits per heavy atom. The minimum absolute atomic E-state index is 0.0411. The number of piperazine rings is 1. The highest BCUT2D eigenvalue weighted by Gasteiger charge is 2.38. The second-order valence-electron chi connectivity index (χ2n) is 7.71. The molecular weight excluding hydrogens is 405 g/mol. The molecule has 2 saturated heterocycles. The summed E-state index contributed by atoms with van der Waals surface area (Å²) in [7, 11) is 1.56. The van der Waals surface area contributed by atoms with Crippen LogP contribution in [0.5, 0.6) is 5.75 Å². The topological polar surface area (TPSA) is 98.8 Å². The maximum absolute atomic E-state index is 13.5. The molecular formula is C21H24FN5O4. The van der Waals surface area contributed by atoms with Crippen LogP contribution in [0.15, 0.2) is 29.1 Å². The lowest BCUT2D eigenvalue weighted by Crippen LogP contribution is -2.51. The van der Waals surface area contributed by atoms with E-state index in [-0.39, 0.29) is 23.9 Å². The lowest BCUT2D eigenvalue weighted by atomic mass is 10.1. The molecule has 0 bridgehead atoms. The van der Waals surface area contributed by atoms with E-state index < -0.39 is 17.3 Å². The maximum Gasteiger partial charge on any atom is 0.288 e. The fraction of sp³-hybridized carbons (Fsp3) is 0.429. The average molecular weight is 429 g/mol. The number of aromatic nitrogens is 2. The zero-order valence-electron chi connectivity index (χ0n) is 17.4. The van der Waals surface area contributed by atoms with Gasteiger partial charge in [0.1, 0.15) is 5.75 Å². The normalized spacial score (nSPS) is 19.1. The molecule has 2 fully saturated rings. The predicted molar refractivity (Wildman–Crippen MR) is 112 cm³/mol. The molecule has 0 aliphatic carbocycles. The molecule has 31 heavy (non-hydrogen) atoms. The number of amides is 2. The van der Waals surface area contributed by atoms with Gasteiger partial charge >= 0.3 is 0 Å². The maximum atomic E-state index is 13.5. The lowest BCUT2D eigenvalue weighted by Gasteiger charge is -2.36. The third-order valence-corrected chi connectivity index (χ3v) is 5.75. The zero-order valence-corrected chi connectivity index (χ0v) is 17.4. The van der Waals surface area contributed by atoms with E-state index in [1.54, 1.807) is 29.0 Å². The van der Waals surface area contributed by atoms with Crippen molar-refractivity contribution in [3.8, 4) is 5.75 Å². The van der Waals surface area contributed by atoms with Crippen LogP contribution in [0.25, 0.3) is 0 Å². The van der Waals surface area contributed by atoms with E-state index in [9.17, 15) is 18.8 Å². The number of hydrogen-bond donors (Lipinski definition) is 1. The van der Waals surface area contributed by atoms with E-state index in [1.165, 1.54) is 6.92 Å². The summed E-state index contributed by atoms with van der Waals surface area (Å²) < 4.78 is 18.8. The minimum Gasteiger partial charge on any atom is -0.497 e. The van der Waals surface area contributed by atoms with Crippen molar-refractivity contribution in [1.82, 2.24) is 14.9 Å². The number of carbonyl (C=O) groups is 2. The van der Waals surface area contributed by atoms with Gasteiger partial charge in [0.15, 0.2) is 0 Å². The van der Waals surface area contributed by atoms with Crippen LogP contribution in [0.3, 0.4) is 0 Å². The van der Waals surface area contributed by atoms with Crippen molar-refractivity contribution >= 4 is 23.5 Å². The Balaban J connectivity index is 1.39. The Morgan fingerprint density at radius 2 is 1.97 bits per heavy atom. The third kappa shape index (κ3) is 4.10. The van der Waals surface area contributed by atoms with Crippen LogP contribution in [0.2, 0.25) is 0 Å². The number of benzene rings is 1. The molecule has 10 heteroatoms. The number of methoxy groups -OCH3 is 1. The zero-order chi connectivity index (χ0) is 22.1. The Morgan fingerprint density at radius 3 is 2.65 bits per heavy atom. The Hall–Kier alpha value is -3.43. The largest absolute Gasteiger partial charge is 0.497 e. The molecule has 9 nitrogen and oxygen atoms in total. The fourth-order valence-corrected chi connectivity index (χ4v) is 4.00. The number of hydrogen-bond acceptors (Lipinski definition) is 6.